The average molecular weight is 196 g/mol. The molecule has 0 saturated heterocycles. The van der Waals surface area contributed by atoms with E-state index in [1.807, 2.05) is 0 Å². The molecule has 3 nitrogen and oxygen atoms in total. The van der Waals surface area contributed by atoms with Gasteiger partial charge in [0.25, 0.3) is 0 Å². The molecule has 2 bridgehead atoms. The van der Waals surface area contributed by atoms with Gasteiger partial charge in [-0.05, 0) is 44.9 Å². The van der Waals surface area contributed by atoms with Crippen LogP contribution in [0.15, 0.2) is 0 Å². The summed E-state index contributed by atoms with van der Waals surface area (Å²) < 4.78 is 0. The van der Waals surface area contributed by atoms with Gasteiger partial charge in [-0.25, -0.2) is 0 Å². The van der Waals surface area contributed by atoms with Crippen molar-refractivity contribution < 1.29 is 4.79 Å². The van der Waals surface area contributed by atoms with Gasteiger partial charge in [0.2, 0.25) is 5.91 Å². The molecule has 2 aliphatic rings. The highest BCUT2D eigenvalue weighted by Crippen LogP contribution is 2.44. The van der Waals surface area contributed by atoms with Crippen LogP contribution in [0.4, 0.5) is 0 Å². The molecule has 0 aliphatic heterocycles. The van der Waals surface area contributed by atoms with Crippen LogP contribution in [-0.2, 0) is 4.79 Å². The Morgan fingerprint density at radius 1 is 1.36 bits per heavy atom. The SMILES string of the molecule is CC(C)(N)C(=O)NC1CC2CCC1C2. The Labute approximate surface area is 85.4 Å². The van der Waals surface area contributed by atoms with Crippen LogP contribution < -0.4 is 11.1 Å². The van der Waals surface area contributed by atoms with Crippen molar-refractivity contribution in [1.29, 1.82) is 0 Å². The molecule has 0 aromatic rings. The number of carbonyl (C=O) groups excluding carboxylic acids is 1. The maximum atomic E-state index is 11.7. The quantitative estimate of drug-likeness (QED) is 0.693. The van der Waals surface area contributed by atoms with Gasteiger partial charge in [-0.15, -0.1) is 0 Å². The van der Waals surface area contributed by atoms with Crippen molar-refractivity contribution in [3.63, 3.8) is 0 Å². The van der Waals surface area contributed by atoms with E-state index in [2.05, 4.69) is 5.32 Å². The van der Waals surface area contributed by atoms with Crippen molar-refractivity contribution in [3.8, 4) is 0 Å². The van der Waals surface area contributed by atoms with E-state index >= 15 is 0 Å². The van der Waals surface area contributed by atoms with Gasteiger partial charge < -0.3 is 11.1 Å². The van der Waals surface area contributed by atoms with Crippen LogP contribution in [0.2, 0.25) is 0 Å². The molecule has 0 spiro atoms. The summed E-state index contributed by atoms with van der Waals surface area (Å²) in [5.41, 5.74) is 5.01. The van der Waals surface area contributed by atoms with Gasteiger partial charge in [0.1, 0.15) is 0 Å². The van der Waals surface area contributed by atoms with E-state index < -0.39 is 5.54 Å². The van der Waals surface area contributed by atoms with Gasteiger partial charge in [0, 0.05) is 6.04 Å². The molecule has 0 heterocycles. The molecule has 2 saturated carbocycles. The predicted molar refractivity (Wildman–Crippen MR) is 55.6 cm³/mol. The minimum atomic E-state index is -0.734. The van der Waals surface area contributed by atoms with Crippen LogP contribution in [0, 0.1) is 11.8 Å². The van der Waals surface area contributed by atoms with E-state index in [9.17, 15) is 4.79 Å². The Kier molecular flexibility index (Phi) is 2.30. The van der Waals surface area contributed by atoms with Gasteiger partial charge in [0.15, 0.2) is 0 Å². The van der Waals surface area contributed by atoms with E-state index in [1.165, 1.54) is 25.7 Å². The van der Waals surface area contributed by atoms with Gasteiger partial charge in [-0.1, -0.05) is 6.42 Å². The van der Waals surface area contributed by atoms with E-state index in [-0.39, 0.29) is 5.91 Å². The lowest BCUT2D eigenvalue weighted by molar-refractivity contribution is -0.126. The number of carbonyl (C=O) groups is 1. The molecule has 2 rings (SSSR count). The summed E-state index contributed by atoms with van der Waals surface area (Å²) in [7, 11) is 0. The van der Waals surface area contributed by atoms with Gasteiger partial charge in [0.05, 0.1) is 5.54 Å². The predicted octanol–water partition coefficient (Wildman–Crippen LogP) is 1.03. The molecule has 14 heavy (non-hydrogen) atoms. The van der Waals surface area contributed by atoms with Crippen LogP contribution in [-0.4, -0.2) is 17.5 Å². The zero-order valence-corrected chi connectivity index (χ0v) is 9.05. The third-order valence-electron chi connectivity index (χ3n) is 3.64. The summed E-state index contributed by atoms with van der Waals surface area (Å²) in [6.45, 7) is 3.52. The lowest BCUT2D eigenvalue weighted by Crippen LogP contribution is -2.53. The first-order chi connectivity index (χ1) is 6.47. The number of rotatable bonds is 2. The molecular weight excluding hydrogens is 176 g/mol. The normalized spacial score (nSPS) is 36.1. The van der Waals surface area contributed by atoms with Gasteiger partial charge >= 0.3 is 0 Å². The number of fused-ring (bicyclic) bond motifs is 2. The highest BCUT2D eigenvalue weighted by atomic mass is 16.2. The summed E-state index contributed by atoms with van der Waals surface area (Å²) in [4.78, 5) is 11.7. The zero-order valence-electron chi connectivity index (χ0n) is 9.05. The number of nitrogens with one attached hydrogen (secondary N) is 1. The van der Waals surface area contributed by atoms with Gasteiger partial charge in [-0.3, -0.25) is 4.79 Å². The fraction of sp³-hybridized carbons (Fsp3) is 0.909. The minimum absolute atomic E-state index is 0.00458. The molecule has 3 atom stereocenters. The molecular formula is C11H20N2O. The highest BCUT2D eigenvalue weighted by Gasteiger charge is 2.41. The smallest absolute Gasteiger partial charge is 0.239 e. The number of amides is 1. The molecule has 1 amide bonds. The molecule has 80 valence electrons. The van der Waals surface area contributed by atoms with E-state index in [4.69, 9.17) is 5.73 Å². The van der Waals surface area contributed by atoms with Gasteiger partial charge in [-0.2, -0.15) is 0 Å². The van der Waals surface area contributed by atoms with Crippen molar-refractivity contribution in [3.05, 3.63) is 0 Å². The Hall–Kier alpha value is -0.570. The zero-order chi connectivity index (χ0) is 10.3. The topological polar surface area (TPSA) is 55.1 Å². The maximum Gasteiger partial charge on any atom is 0.239 e. The standard InChI is InChI=1S/C11H20N2O/c1-11(2,12)10(14)13-9-6-7-3-4-8(9)5-7/h7-9H,3-6,12H2,1-2H3,(H,13,14). The van der Waals surface area contributed by atoms with E-state index in [0.717, 1.165) is 11.8 Å². The summed E-state index contributed by atoms with van der Waals surface area (Å²) in [5, 5.41) is 3.09. The number of nitrogens with two attached hydrogens (primary N) is 1. The largest absolute Gasteiger partial charge is 0.352 e. The lowest BCUT2D eigenvalue weighted by atomic mass is 9.94. The second kappa shape index (κ2) is 3.23. The van der Waals surface area contributed by atoms with Crippen molar-refractivity contribution in [2.75, 3.05) is 0 Å². The van der Waals surface area contributed by atoms with Crippen LogP contribution >= 0.6 is 0 Å². The molecule has 0 aromatic carbocycles. The van der Waals surface area contributed by atoms with E-state index in [0.29, 0.717) is 6.04 Å². The first-order valence-electron chi connectivity index (χ1n) is 5.56. The Morgan fingerprint density at radius 2 is 2.07 bits per heavy atom. The van der Waals surface area contributed by atoms with Crippen molar-refractivity contribution in [2.24, 2.45) is 17.6 Å². The van der Waals surface area contributed by atoms with Crippen molar-refractivity contribution in [2.45, 2.75) is 51.1 Å². The van der Waals surface area contributed by atoms with Crippen LogP contribution in [0.1, 0.15) is 39.5 Å². The highest BCUT2D eigenvalue weighted by molar-refractivity contribution is 5.85. The minimum Gasteiger partial charge on any atom is -0.352 e. The summed E-state index contributed by atoms with van der Waals surface area (Å²) >= 11 is 0. The molecule has 0 radical (unpaired) electrons. The molecule has 2 aliphatic carbocycles. The third-order valence-corrected chi connectivity index (χ3v) is 3.64. The summed E-state index contributed by atoms with van der Waals surface area (Å²) in [5.74, 6) is 1.59. The molecule has 0 aromatic heterocycles. The summed E-state index contributed by atoms with van der Waals surface area (Å²) in [6.07, 6.45) is 5.14. The Balaban J connectivity index is 1.90. The fourth-order valence-corrected chi connectivity index (χ4v) is 2.78. The first kappa shape index (κ1) is 9.97. The Morgan fingerprint density at radius 3 is 2.50 bits per heavy atom. The second-order valence-corrected chi connectivity index (χ2v) is 5.48. The monoisotopic (exact) mass is 196 g/mol. The number of hydrogen-bond donors (Lipinski definition) is 2. The second-order valence-electron chi connectivity index (χ2n) is 5.48. The van der Waals surface area contributed by atoms with Crippen LogP contribution in [0.3, 0.4) is 0 Å². The Bertz CT molecular complexity index is 244. The third kappa shape index (κ3) is 1.78. The van der Waals surface area contributed by atoms with E-state index in [1.54, 1.807) is 13.8 Å². The van der Waals surface area contributed by atoms with Crippen LogP contribution in [0.25, 0.3) is 0 Å². The lowest BCUT2D eigenvalue weighted by Gasteiger charge is -2.27. The van der Waals surface area contributed by atoms with Crippen molar-refractivity contribution >= 4 is 5.91 Å². The molecule has 3 unspecified atom stereocenters. The first-order valence-corrected chi connectivity index (χ1v) is 5.56. The molecule has 3 N–H and O–H groups in total. The maximum absolute atomic E-state index is 11.7. The van der Waals surface area contributed by atoms with Crippen LogP contribution in [0.5, 0.6) is 0 Å². The average Bonchev–Trinajstić information content (AvgIpc) is 2.62. The molecule has 3 heteroatoms. The molecule has 2 fully saturated rings. The number of hydrogen-bond acceptors (Lipinski definition) is 2. The summed E-state index contributed by atoms with van der Waals surface area (Å²) in [6, 6.07) is 0.407. The fourth-order valence-electron chi connectivity index (χ4n) is 2.78. The van der Waals surface area contributed by atoms with Crippen molar-refractivity contribution in [1.82, 2.24) is 5.32 Å².